The molecule has 0 aromatic heterocycles. The monoisotopic (exact) mass is 296 g/mol. The third-order valence-corrected chi connectivity index (χ3v) is 5.13. The summed E-state index contributed by atoms with van der Waals surface area (Å²) in [6.45, 7) is 11.2. The third kappa shape index (κ3) is 3.52. The smallest absolute Gasteiger partial charge is 0.115 e. The van der Waals surface area contributed by atoms with Gasteiger partial charge in [0.1, 0.15) is 5.75 Å². The minimum absolute atomic E-state index is 0.331. The molecular weight excluding hydrogens is 268 g/mol. The van der Waals surface area contributed by atoms with Gasteiger partial charge in [0.25, 0.3) is 0 Å². The lowest BCUT2D eigenvalue weighted by Gasteiger charge is -2.27. The molecule has 0 aliphatic heterocycles. The largest absolute Gasteiger partial charge is 0.508 e. The number of hydrogen-bond donors (Lipinski definition) is 1. The Morgan fingerprint density at radius 2 is 1.41 bits per heavy atom. The van der Waals surface area contributed by atoms with Gasteiger partial charge in [-0.15, -0.1) is 0 Å². The fourth-order valence-electron chi connectivity index (χ4n) is 3.08. The van der Waals surface area contributed by atoms with E-state index in [2.05, 4.69) is 45.9 Å². The summed E-state index contributed by atoms with van der Waals surface area (Å²) in [5.74, 6) is 0.331. The summed E-state index contributed by atoms with van der Waals surface area (Å²) >= 11 is 0. The van der Waals surface area contributed by atoms with Crippen molar-refractivity contribution >= 4 is 0 Å². The molecule has 0 spiro atoms. The molecule has 2 rings (SSSR count). The van der Waals surface area contributed by atoms with Crippen LogP contribution in [0.2, 0.25) is 0 Å². The fraction of sp³-hybridized carbons (Fsp3) is 0.429. The molecule has 0 heterocycles. The number of aryl methyl sites for hydroxylation is 2. The Morgan fingerprint density at radius 3 is 1.91 bits per heavy atom. The Morgan fingerprint density at radius 1 is 0.864 bits per heavy atom. The van der Waals surface area contributed by atoms with Crippen molar-refractivity contribution in [3.05, 3.63) is 53.1 Å². The lowest BCUT2D eigenvalue weighted by Crippen LogP contribution is -2.17. The predicted molar refractivity (Wildman–Crippen MR) is 95.4 cm³/mol. The Bertz CT molecular complexity index is 651. The van der Waals surface area contributed by atoms with Crippen molar-refractivity contribution < 1.29 is 5.11 Å². The number of aromatic hydroxyl groups is 1. The summed E-state index contributed by atoms with van der Waals surface area (Å²) in [5.41, 5.74) is 6.70. The average molecular weight is 296 g/mol. The van der Waals surface area contributed by atoms with Crippen LogP contribution in [0.1, 0.15) is 50.3 Å². The second-order valence-electron chi connectivity index (χ2n) is 6.84. The first-order chi connectivity index (χ1) is 10.4. The summed E-state index contributed by atoms with van der Waals surface area (Å²) in [4.78, 5) is 0. The molecule has 0 radical (unpaired) electrons. The summed E-state index contributed by atoms with van der Waals surface area (Å²) < 4.78 is 0. The van der Waals surface area contributed by atoms with Crippen LogP contribution in [0, 0.1) is 19.3 Å². The molecule has 1 heteroatoms. The second kappa shape index (κ2) is 6.56. The third-order valence-electron chi connectivity index (χ3n) is 5.13. The van der Waals surface area contributed by atoms with Gasteiger partial charge in [-0.1, -0.05) is 57.9 Å². The molecule has 2 aromatic carbocycles. The standard InChI is InChI=1S/C21H28O/c1-6-21(5,7-2)14-17-8-10-19(15(3)12-17)20-11-9-18(22)13-16(20)4/h8-13,22H,6-7,14H2,1-5H3. The highest BCUT2D eigenvalue weighted by Gasteiger charge is 2.20. The lowest BCUT2D eigenvalue weighted by atomic mass is 9.78. The Balaban J connectivity index is 2.34. The molecular formula is C21H28O. The Hall–Kier alpha value is -1.76. The van der Waals surface area contributed by atoms with Crippen LogP contribution < -0.4 is 0 Å². The molecule has 0 amide bonds. The van der Waals surface area contributed by atoms with Gasteiger partial charge < -0.3 is 5.11 Å². The first-order valence-corrected chi connectivity index (χ1v) is 8.28. The average Bonchev–Trinajstić information content (AvgIpc) is 2.48. The molecule has 2 aromatic rings. The minimum Gasteiger partial charge on any atom is -0.508 e. The van der Waals surface area contributed by atoms with Gasteiger partial charge in [0.2, 0.25) is 0 Å². The van der Waals surface area contributed by atoms with E-state index in [1.54, 1.807) is 6.07 Å². The number of hydrogen-bond acceptors (Lipinski definition) is 1. The molecule has 0 atom stereocenters. The van der Waals surface area contributed by atoms with E-state index in [-0.39, 0.29) is 0 Å². The van der Waals surface area contributed by atoms with E-state index in [1.807, 2.05) is 19.1 Å². The van der Waals surface area contributed by atoms with Gasteiger partial charge >= 0.3 is 0 Å². The molecule has 0 fully saturated rings. The molecule has 0 aliphatic rings. The van der Waals surface area contributed by atoms with Crippen LogP contribution in [-0.2, 0) is 6.42 Å². The van der Waals surface area contributed by atoms with Crippen molar-refractivity contribution in [1.29, 1.82) is 0 Å². The molecule has 0 aliphatic carbocycles. The van der Waals surface area contributed by atoms with E-state index in [0.717, 1.165) is 12.0 Å². The Kier molecular flexibility index (Phi) is 4.95. The predicted octanol–water partition coefficient (Wildman–Crippen LogP) is 6.04. The highest BCUT2D eigenvalue weighted by Crippen LogP contribution is 2.33. The first-order valence-electron chi connectivity index (χ1n) is 8.28. The number of phenols is 1. The zero-order valence-electron chi connectivity index (χ0n) is 14.5. The van der Waals surface area contributed by atoms with Crippen LogP contribution in [0.4, 0.5) is 0 Å². The molecule has 1 N–H and O–H groups in total. The van der Waals surface area contributed by atoms with Crippen LogP contribution in [0.3, 0.4) is 0 Å². The van der Waals surface area contributed by atoms with Crippen LogP contribution in [0.5, 0.6) is 5.75 Å². The van der Waals surface area contributed by atoms with Crippen LogP contribution >= 0.6 is 0 Å². The van der Waals surface area contributed by atoms with Crippen molar-refractivity contribution in [2.24, 2.45) is 5.41 Å². The van der Waals surface area contributed by atoms with E-state index in [1.165, 1.54) is 35.1 Å². The number of phenolic OH excluding ortho intramolecular Hbond substituents is 1. The van der Waals surface area contributed by atoms with Gasteiger partial charge in [-0.3, -0.25) is 0 Å². The molecule has 22 heavy (non-hydrogen) atoms. The molecule has 0 bridgehead atoms. The topological polar surface area (TPSA) is 20.2 Å². The Labute approximate surface area is 135 Å². The molecule has 0 saturated heterocycles. The van der Waals surface area contributed by atoms with Gasteiger partial charge in [-0.25, -0.2) is 0 Å². The maximum absolute atomic E-state index is 9.58. The van der Waals surface area contributed by atoms with E-state index in [0.29, 0.717) is 11.2 Å². The van der Waals surface area contributed by atoms with Crippen molar-refractivity contribution in [3.63, 3.8) is 0 Å². The molecule has 0 unspecified atom stereocenters. The maximum Gasteiger partial charge on any atom is 0.115 e. The van der Waals surface area contributed by atoms with Crippen LogP contribution in [0.25, 0.3) is 11.1 Å². The number of benzene rings is 2. The lowest BCUT2D eigenvalue weighted by molar-refractivity contribution is 0.296. The van der Waals surface area contributed by atoms with Gasteiger partial charge in [0.15, 0.2) is 0 Å². The normalized spacial score (nSPS) is 11.7. The second-order valence-corrected chi connectivity index (χ2v) is 6.84. The minimum atomic E-state index is 0.331. The molecule has 0 saturated carbocycles. The summed E-state index contributed by atoms with van der Waals surface area (Å²) in [5, 5.41) is 9.58. The van der Waals surface area contributed by atoms with E-state index in [9.17, 15) is 5.11 Å². The van der Waals surface area contributed by atoms with E-state index < -0.39 is 0 Å². The van der Waals surface area contributed by atoms with Crippen molar-refractivity contribution in [2.45, 2.75) is 53.9 Å². The van der Waals surface area contributed by atoms with E-state index in [4.69, 9.17) is 0 Å². The maximum atomic E-state index is 9.58. The number of rotatable bonds is 5. The zero-order chi connectivity index (χ0) is 16.3. The quantitative estimate of drug-likeness (QED) is 0.712. The van der Waals surface area contributed by atoms with Crippen LogP contribution in [-0.4, -0.2) is 5.11 Å². The molecule has 118 valence electrons. The first kappa shape index (κ1) is 16.6. The van der Waals surface area contributed by atoms with Crippen molar-refractivity contribution in [2.75, 3.05) is 0 Å². The SMILES string of the molecule is CCC(C)(CC)Cc1ccc(-c2ccc(O)cc2C)c(C)c1. The van der Waals surface area contributed by atoms with Crippen molar-refractivity contribution in [1.82, 2.24) is 0 Å². The highest BCUT2D eigenvalue weighted by molar-refractivity contribution is 5.71. The van der Waals surface area contributed by atoms with Gasteiger partial charge in [-0.2, -0.15) is 0 Å². The summed E-state index contributed by atoms with van der Waals surface area (Å²) in [6.07, 6.45) is 3.55. The van der Waals surface area contributed by atoms with Gasteiger partial charge in [-0.05, 0) is 65.6 Å². The van der Waals surface area contributed by atoms with Crippen molar-refractivity contribution in [3.8, 4) is 16.9 Å². The molecule has 1 nitrogen and oxygen atoms in total. The van der Waals surface area contributed by atoms with E-state index >= 15 is 0 Å². The van der Waals surface area contributed by atoms with Crippen LogP contribution in [0.15, 0.2) is 36.4 Å². The van der Waals surface area contributed by atoms with Gasteiger partial charge in [0, 0.05) is 0 Å². The summed E-state index contributed by atoms with van der Waals surface area (Å²) in [6, 6.07) is 12.4. The van der Waals surface area contributed by atoms with Gasteiger partial charge in [0.05, 0.1) is 0 Å². The highest BCUT2D eigenvalue weighted by atomic mass is 16.3. The fourth-order valence-corrected chi connectivity index (χ4v) is 3.08. The zero-order valence-corrected chi connectivity index (χ0v) is 14.5. The summed E-state index contributed by atoms with van der Waals surface area (Å²) in [7, 11) is 0.